The normalized spacial score (nSPS) is 9.83. The van der Waals surface area contributed by atoms with E-state index < -0.39 is 11.9 Å². The maximum absolute atomic E-state index is 11.4. The molecular weight excluding hydrogens is 236 g/mol. The fraction of sp³-hybridized carbons (Fsp3) is 0.250. The summed E-state index contributed by atoms with van der Waals surface area (Å²) in [6.07, 6.45) is -0.336. The first kappa shape index (κ1) is 13.9. The molecule has 0 fully saturated rings. The van der Waals surface area contributed by atoms with Gasteiger partial charge in [-0.2, -0.15) is 0 Å². The van der Waals surface area contributed by atoms with Crippen molar-refractivity contribution in [2.45, 2.75) is 12.8 Å². The SMILES string of the molecule is NCC(=O)c1cccc(NC(=O)CCC(=O)O)c1. The van der Waals surface area contributed by atoms with Crippen molar-refractivity contribution < 1.29 is 19.5 Å². The fourth-order valence-corrected chi connectivity index (χ4v) is 1.33. The highest BCUT2D eigenvalue weighted by Gasteiger charge is 2.08. The van der Waals surface area contributed by atoms with Gasteiger partial charge in [-0.1, -0.05) is 12.1 Å². The Labute approximate surface area is 104 Å². The summed E-state index contributed by atoms with van der Waals surface area (Å²) < 4.78 is 0. The summed E-state index contributed by atoms with van der Waals surface area (Å²) >= 11 is 0. The van der Waals surface area contributed by atoms with Crippen LogP contribution in [-0.4, -0.2) is 29.3 Å². The standard InChI is InChI=1S/C12H14N2O4/c13-7-10(15)8-2-1-3-9(6-8)14-11(16)4-5-12(17)18/h1-3,6H,4-5,7,13H2,(H,14,16)(H,17,18). The Balaban J connectivity index is 2.64. The van der Waals surface area contributed by atoms with E-state index >= 15 is 0 Å². The second-order valence-electron chi connectivity index (χ2n) is 3.65. The van der Waals surface area contributed by atoms with Gasteiger partial charge in [0.25, 0.3) is 0 Å². The molecule has 1 aromatic rings. The van der Waals surface area contributed by atoms with Gasteiger partial charge in [0, 0.05) is 17.7 Å². The van der Waals surface area contributed by atoms with Gasteiger partial charge in [0.1, 0.15) is 0 Å². The average Bonchev–Trinajstić information content (AvgIpc) is 2.35. The van der Waals surface area contributed by atoms with E-state index in [2.05, 4.69) is 5.32 Å². The number of nitrogens with one attached hydrogen (secondary N) is 1. The molecule has 0 radical (unpaired) electrons. The molecule has 0 unspecified atom stereocenters. The molecule has 0 aliphatic heterocycles. The van der Waals surface area contributed by atoms with Gasteiger partial charge in [0.2, 0.25) is 5.91 Å². The quantitative estimate of drug-likeness (QED) is 0.641. The minimum atomic E-state index is -1.03. The van der Waals surface area contributed by atoms with Gasteiger partial charge in [-0.05, 0) is 12.1 Å². The molecule has 6 nitrogen and oxygen atoms in total. The molecule has 1 amide bonds. The summed E-state index contributed by atoms with van der Waals surface area (Å²) in [5, 5.41) is 11.0. The molecule has 0 saturated heterocycles. The molecule has 0 aliphatic carbocycles. The van der Waals surface area contributed by atoms with Gasteiger partial charge in [-0.3, -0.25) is 14.4 Å². The van der Waals surface area contributed by atoms with Crippen LogP contribution in [0.5, 0.6) is 0 Å². The number of hydrogen-bond donors (Lipinski definition) is 3. The van der Waals surface area contributed by atoms with E-state index in [1.54, 1.807) is 18.2 Å². The van der Waals surface area contributed by atoms with E-state index in [4.69, 9.17) is 10.8 Å². The Morgan fingerprint density at radius 2 is 1.94 bits per heavy atom. The Kier molecular flexibility index (Phi) is 5.01. The highest BCUT2D eigenvalue weighted by molar-refractivity contribution is 5.99. The summed E-state index contributed by atoms with van der Waals surface area (Å²) in [6, 6.07) is 6.34. The molecular formula is C12H14N2O4. The van der Waals surface area contributed by atoms with Crippen LogP contribution in [0.15, 0.2) is 24.3 Å². The van der Waals surface area contributed by atoms with E-state index in [0.29, 0.717) is 11.3 Å². The van der Waals surface area contributed by atoms with Crippen molar-refractivity contribution in [2.24, 2.45) is 5.73 Å². The van der Waals surface area contributed by atoms with E-state index in [1.807, 2.05) is 0 Å². The lowest BCUT2D eigenvalue weighted by molar-refractivity contribution is -0.138. The zero-order valence-electron chi connectivity index (χ0n) is 9.68. The number of hydrogen-bond acceptors (Lipinski definition) is 4. The number of carbonyl (C=O) groups excluding carboxylic acids is 2. The summed E-state index contributed by atoms with van der Waals surface area (Å²) in [6.45, 7) is -0.101. The molecule has 0 spiro atoms. The summed E-state index contributed by atoms with van der Waals surface area (Å²) in [4.78, 5) is 33.0. The summed E-state index contributed by atoms with van der Waals surface area (Å²) in [7, 11) is 0. The van der Waals surface area contributed by atoms with E-state index in [-0.39, 0.29) is 25.2 Å². The van der Waals surface area contributed by atoms with Gasteiger partial charge in [0.15, 0.2) is 5.78 Å². The molecule has 0 saturated carbocycles. The molecule has 0 aliphatic rings. The Bertz CT molecular complexity index is 471. The second-order valence-corrected chi connectivity index (χ2v) is 3.65. The first-order valence-corrected chi connectivity index (χ1v) is 5.38. The lowest BCUT2D eigenvalue weighted by atomic mass is 10.1. The second kappa shape index (κ2) is 6.51. The molecule has 0 heterocycles. The molecule has 4 N–H and O–H groups in total. The molecule has 6 heteroatoms. The molecule has 1 aromatic carbocycles. The number of carbonyl (C=O) groups is 3. The number of Topliss-reactive ketones (excluding diaryl/α,β-unsaturated/α-hetero) is 1. The van der Waals surface area contributed by atoms with Crippen molar-refractivity contribution in [3.05, 3.63) is 29.8 Å². The van der Waals surface area contributed by atoms with Crippen molar-refractivity contribution in [1.82, 2.24) is 0 Å². The predicted molar refractivity (Wildman–Crippen MR) is 65.3 cm³/mol. The average molecular weight is 250 g/mol. The number of amides is 1. The number of aliphatic carboxylic acids is 1. The summed E-state index contributed by atoms with van der Waals surface area (Å²) in [5.41, 5.74) is 6.09. The van der Waals surface area contributed by atoms with Crippen molar-refractivity contribution in [1.29, 1.82) is 0 Å². The van der Waals surface area contributed by atoms with Crippen LogP contribution in [0.2, 0.25) is 0 Å². The van der Waals surface area contributed by atoms with Crippen molar-refractivity contribution in [3.63, 3.8) is 0 Å². The highest BCUT2D eigenvalue weighted by Crippen LogP contribution is 2.11. The van der Waals surface area contributed by atoms with Crippen LogP contribution in [0.1, 0.15) is 23.2 Å². The topological polar surface area (TPSA) is 109 Å². The molecule has 0 bridgehead atoms. The maximum Gasteiger partial charge on any atom is 0.303 e. The van der Waals surface area contributed by atoms with E-state index in [1.165, 1.54) is 6.07 Å². The van der Waals surface area contributed by atoms with Gasteiger partial charge in [-0.15, -0.1) is 0 Å². The zero-order valence-corrected chi connectivity index (χ0v) is 9.68. The Hall–Kier alpha value is -2.21. The predicted octanol–water partition coefficient (Wildman–Crippen LogP) is 0.631. The number of nitrogens with two attached hydrogens (primary N) is 1. The van der Waals surface area contributed by atoms with Gasteiger partial charge < -0.3 is 16.2 Å². The third-order valence-corrected chi connectivity index (χ3v) is 2.22. The van der Waals surface area contributed by atoms with Gasteiger partial charge in [0.05, 0.1) is 13.0 Å². The zero-order chi connectivity index (χ0) is 13.5. The van der Waals surface area contributed by atoms with Gasteiger partial charge >= 0.3 is 5.97 Å². The van der Waals surface area contributed by atoms with Crippen LogP contribution in [-0.2, 0) is 9.59 Å². The number of benzene rings is 1. The molecule has 96 valence electrons. The van der Waals surface area contributed by atoms with Crippen LogP contribution in [0.3, 0.4) is 0 Å². The van der Waals surface area contributed by atoms with Crippen LogP contribution in [0.25, 0.3) is 0 Å². The van der Waals surface area contributed by atoms with Crippen LogP contribution in [0, 0.1) is 0 Å². The van der Waals surface area contributed by atoms with Crippen molar-refractivity contribution in [2.75, 3.05) is 11.9 Å². The van der Waals surface area contributed by atoms with Crippen LogP contribution in [0.4, 0.5) is 5.69 Å². The Morgan fingerprint density at radius 1 is 1.22 bits per heavy atom. The molecule has 0 atom stereocenters. The minimum Gasteiger partial charge on any atom is -0.481 e. The third kappa shape index (κ3) is 4.34. The maximum atomic E-state index is 11.4. The van der Waals surface area contributed by atoms with Crippen LogP contribution < -0.4 is 11.1 Å². The van der Waals surface area contributed by atoms with E-state index in [9.17, 15) is 14.4 Å². The first-order chi connectivity index (χ1) is 8.52. The fourth-order valence-electron chi connectivity index (χ4n) is 1.33. The number of carboxylic acid groups (broad SMARTS) is 1. The lowest BCUT2D eigenvalue weighted by Crippen LogP contribution is -2.15. The molecule has 1 rings (SSSR count). The van der Waals surface area contributed by atoms with Gasteiger partial charge in [-0.25, -0.2) is 0 Å². The smallest absolute Gasteiger partial charge is 0.303 e. The third-order valence-electron chi connectivity index (χ3n) is 2.22. The number of rotatable bonds is 6. The Morgan fingerprint density at radius 3 is 2.56 bits per heavy atom. The highest BCUT2D eigenvalue weighted by atomic mass is 16.4. The number of anilines is 1. The van der Waals surface area contributed by atoms with Crippen LogP contribution >= 0.6 is 0 Å². The summed E-state index contributed by atoms with van der Waals surface area (Å²) in [5.74, 6) is -1.66. The number of carboxylic acids is 1. The largest absolute Gasteiger partial charge is 0.481 e. The van der Waals surface area contributed by atoms with Crippen molar-refractivity contribution >= 4 is 23.3 Å². The van der Waals surface area contributed by atoms with E-state index in [0.717, 1.165) is 0 Å². The first-order valence-electron chi connectivity index (χ1n) is 5.38. The minimum absolute atomic E-state index is 0.101. The lowest BCUT2D eigenvalue weighted by Gasteiger charge is -2.05. The number of ketones is 1. The monoisotopic (exact) mass is 250 g/mol. The molecule has 18 heavy (non-hydrogen) atoms. The van der Waals surface area contributed by atoms with Crippen molar-refractivity contribution in [3.8, 4) is 0 Å². The molecule has 0 aromatic heterocycles.